The highest BCUT2D eigenvalue weighted by Crippen LogP contribution is 2.25. The van der Waals surface area contributed by atoms with E-state index in [0.29, 0.717) is 12.8 Å². The van der Waals surface area contributed by atoms with Crippen molar-refractivity contribution in [2.24, 2.45) is 11.8 Å². The lowest BCUT2D eigenvalue weighted by atomic mass is 9.82. The summed E-state index contributed by atoms with van der Waals surface area (Å²) in [6.07, 6.45) is 4.61. The summed E-state index contributed by atoms with van der Waals surface area (Å²) in [6, 6.07) is 0. The maximum atomic E-state index is 11.7. The van der Waals surface area contributed by atoms with Crippen LogP contribution in [0.1, 0.15) is 12.8 Å². The van der Waals surface area contributed by atoms with Crippen molar-refractivity contribution in [3.8, 4) is 0 Å². The molecule has 0 radical (unpaired) electrons. The summed E-state index contributed by atoms with van der Waals surface area (Å²) in [4.78, 5) is 22.6. The Morgan fingerprint density at radius 2 is 1.80 bits per heavy atom. The van der Waals surface area contributed by atoms with Gasteiger partial charge in [-0.15, -0.1) is 0 Å². The summed E-state index contributed by atoms with van der Waals surface area (Å²) in [7, 11) is 3.40. The zero-order chi connectivity index (χ0) is 11.4. The van der Waals surface area contributed by atoms with Gasteiger partial charge in [-0.05, 0) is 12.8 Å². The van der Waals surface area contributed by atoms with Gasteiger partial charge < -0.3 is 5.11 Å². The van der Waals surface area contributed by atoms with Crippen LogP contribution in [-0.2, 0) is 9.59 Å². The Hall–Kier alpha value is -1.36. The fourth-order valence-corrected chi connectivity index (χ4v) is 1.68. The van der Waals surface area contributed by atoms with Crippen molar-refractivity contribution in [1.29, 1.82) is 0 Å². The van der Waals surface area contributed by atoms with Gasteiger partial charge >= 0.3 is 5.97 Å². The van der Waals surface area contributed by atoms with Crippen LogP contribution in [0.2, 0.25) is 0 Å². The van der Waals surface area contributed by atoms with Crippen LogP contribution in [0, 0.1) is 11.8 Å². The van der Waals surface area contributed by atoms with E-state index in [-0.39, 0.29) is 5.91 Å². The molecule has 0 heterocycles. The van der Waals surface area contributed by atoms with Crippen LogP contribution in [0.25, 0.3) is 0 Å². The van der Waals surface area contributed by atoms with Crippen LogP contribution < -0.4 is 5.43 Å². The Bertz CT molecular complexity index is 286. The summed E-state index contributed by atoms with van der Waals surface area (Å²) in [6.45, 7) is 0. The van der Waals surface area contributed by atoms with Gasteiger partial charge in [0.2, 0.25) is 5.91 Å². The highest BCUT2D eigenvalue weighted by atomic mass is 16.4. The molecule has 1 rings (SSSR count). The van der Waals surface area contributed by atoms with E-state index in [2.05, 4.69) is 5.43 Å². The largest absolute Gasteiger partial charge is 0.481 e. The predicted molar refractivity (Wildman–Crippen MR) is 54.8 cm³/mol. The molecule has 2 N–H and O–H groups in total. The van der Waals surface area contributed by atoms with E-state index >= 15 is 0 Å². The molecule has 0 aromatic heterocycles. The molecule has 0 aromatic carbocycles. The molecule has 0 aromatic rings. The van der Waals surface area contributed by atoms with Gasteiger partial charge in [0.05, 0.1) is 11.8 Å². The minimum Gasteiger partial charge on any atom is -0.481 e. The Morgan fingerprint density at radius 3 is 2.27 bits per heavy atom. The van der Waals surface area contributed by atoms with Gasteiger partial charge in [0, 0.05) is 14.1 Å². The van der Waals surface area contributed by atoms with E-state index in [1.165, 1.54) is 5.01 Å². The highest BCUT2D eigenvalue weighted by Gasteiger charge is 2.33. The third-order valence-electron chi connectivity index (χ3n) is 2.42. The second-order valence-corrected chi connectivity index (χ2v) is 3.86. The number of nitrogens with zero attached hydrogens (tertiary/aromatic N) is 1. The fourth-order valence-electron chi connectivity index (χ4n) is 1.68. The molecule has 0 aliphatic heterocycles. The van der Waals surface area contributed by atoms with E-state index in [4.69, 9.17) is 5.11 Å². The molecule has 0 spiro atoms. The van der Waals surface area contributed by atoms with Crippen LogP contribution in [-0.4, -0.2) is 36.1 Å². The number of carboxylic acids is 1. The van der Waals surface area contributed by atoms with Crippen LogP contribution in [0.15, 0.2) is 12.2 Å². The van der Waals surface area contributed by atoms with Crippen molar-refractivity contribution in [2.45, 2.75) is 12.8 Å². The molecular weight excluding hydrogens is 196 g/mol. The van der Waals surface area contributed by atoms with Crippen LogP contribution in [0.4, 0.5) is 0 Å². The smallest absolute Gasteiger partial charge is 0.307 e. The standard InChI is InChI=1S/C10H16N2O3/c1-12(2)11-9(13)7-5-3-4-6-8(7)10(14)15/h3-4,7-8H,5-6H2,1-2H3,(H,11,13)(H,14,15). The van der Waals surface area contributed by atoms with Gasteiger partial charge in [0.25, 0.3) is 0 Å². The molecule has 0 saturated heterocycles. The SMILES string of the molecule is CN(C)NC(=O)C1CC=CCC1C(=O)O. The van der Waals surface area contributed by atoms with Gasteiger partial charge in [-0.2, -0.15) is 0 Å². The third-order valence-corrected chi connectivity index (χ3v) is 2.42. The molecular formula is C10H16N2O3. The minimum absolute atomic E-state index is 0.225. The number of nitrogens with one attached hydrogen (secondary N) is 1. The summed E-state index contributed by atoms with van der Waals surface area (Å²) < 4.78 is 0. The molecule has 1 amide bonds. The van der Waals surface area contributed by atoms with Crippen molar-refractivity contribution < 1.29 is 14.7 Å². The first kappa shape index (κ1) is 11.7. The van der Waals surface area contributed by atoms with Gasteiger partial charge in [-0.3, -0.25) is 15.0 Å². The van der Waals surface area contributed by atoms with E-state index in [9.17, 15) is 9.59 Å². The number of rotatable bonds is 3. The lowest BCUT2D eigenvalue weighted by molar-refractivity contribution is -0.148. The lowest BCUT2D eigenvalue weighted by Crippen LogP contribution is -2.44. The molecule has 2 atom stereocenters. The first-order chi connectivity index (χ1) is 7.02. The molecule has 15 heavy (non-hydrogen) atoms. The summed E-state index contributed by atoms with van der Waals surface area (Å²) >= 11 is 0. The number of allylic oxidation sites excluding steroid dienone is 2. The van der Waals surface area contributed by atoms with Crippen molar-refractivity contribution in [3.05, 3.63) is 12.2 Å². The van der Waals surface area contributed by atoms with E-state index < -0.39 is 17.8 Å². The molecule has 1 aliphatic rings. The topological polar surface area (TPSA) is 69.6 Å². The molecule has 0 bridgehead atoms. The maximum absolute atomic E-state index is 11.7. The number of aliphatic carboxylic acids is 1. The van der Waals surface area contributed by atoms with E-state index in [0.717, 1.165) is 0 Å². The molecule has 5 nitrogen and oxygen atoms in total. The number of hydrogen-bond acceptors (Lipinski definition) is 3. The van der Waals surface area contributed by atoms with Crippen molar-refractivity contribution in [3.63, 3.8) is 0 Å². The maximum Gasteiger partial charge on any atom is 0.307 e. The minimum atomic E-state index is -0.904. The fraction of sp³-hybridized carbons (Fsp3) is 0.600. The van der Waals surface area contributed by atoms with Gasteiger partial charge in [-0.25, -0.2) is 5.01 Å². The first-order valence-corrected chi connectivity index (χ1v) is 4.88. The number of amides is 1. The second-order valence-electron chi connectivity index (χ2n) is 3.86. The number of carbonyl (C=O) groups excluding carboxylic acids is 1. The average molecular weight is 212 g/mol. The normalized spacial score (nSPS) is 25.3. The molecule has 84 valence electrons. The predicted octanol–water partition coefficient (Wildman–Crippen LogP) is 0.246. The third kappa shape index (κ3) is 3.06. The second kappa shape index (κ2) is 4.93. The van der Waals surface area contributed by atoms with Crippen molar-refractivity contribution in [1.82, 2.24) is 10.4 Å². The molecule has 2 unspecified atom stereocenters. The Labute approximate surface area is 88.7 Å². The monoisotopic (exact) mass is 212 g/mol. The number of hydrazine groups is 1. The summed E-state index contributed by atoms with van der Waals surface area (Å²) in [5, 5.41) is 10.5. The van der Waals surface area contributed by atoms with Crippen LogP contribution in [0.3, 0.4) is 0 Å². The van der Waals surface area contributed by atoms with E-state index in [1.54, 1.807) is 14.1 Å². The van der Waals surface area contributed by atoms with Crippen LogP contribution in [0.5, 0.6) is 0 Å². The highest BCUT2D eigenvalue weighted by molar-refractivity contribution is 5.84. The van der Waals surface area contributed by atoms with Crippen molar-refractivity contribution >= 4 is 11.9 Å². The Kier molecular flexibility index (Phi) is 3.85. The quantitative estimate of drug-likeness (QED) is 0.519. The van der Waals surface area contributed by atoms with E-state index in [1.807, 2.05) is 12.2 Å². The Balaban J connectivity index is 2.69. The van der Waals surface area contributed by atoms with Gasteiger partial charge in [0.15, 0.2) is 0 Å². The number of hydrogen-bond donors (Lipinski definition) is 2. The average Bonchev–Trinajstić information content (AvgIpc) is 2.16. The van der Waals surface area contributed by atoms with Gasteiger partial charge in [-0.1, -0.05) is 12.2 Å². The number of carbonyl (C=O) groups is 2. The first-order valence-electron chi connectivity index (χ1n) is 4.88. The zero-order valence-corrected chi connectivity index (χ0v) is 8.93. The van der Waals surface area contributed by atoms with Crippen LogP contribution >= 0.6 is 0 Å². The lowest BCUT2D eigenvalue weighted by Gasteiger charge is -2.25. The molecule has 0 fully saturated rings. The Morgan fingerprint density at radius 1 is 1.27 bits per heavy atom. The number of carboxylic acid groups (broad SMARTS) is 1. The molecule has 5 heteroatoms. The molecule has 0 saturated carbocycles. The van der Waals surface area contributed by atoms with Crippen molar-refractivity contribution in [2.75, 3.05) is 14.1 Å². The van der Waals surface area contributed by atoms with Gasteiger partial charge in [0.1, 0.15) is 0 Å². The summed E-state index contributed by atoms with van der Waals surface area (Å²) in [5.74, 6) is -2.19. The summed E-state index contributed by atoms with van der Waals surface area (Å²) in [5.41, 5.74) is 2.59. The molecule has 1 aliphatic carbocycles. The zero-order valence-electron chi connectivity index (χ0n) is 8.93.